The highest BCUT2D eigenvalue weighted by molar-refractivity contribution is 6.05. The Balaban J connectivity index is 1.86. The monoisotopic (exact) mass is 267 g/mol. The van der Waals surface area contributed by atoms with Gasteiger partial charge in [-0.15, -0.1) is 0 Å². The number of rotatable bonds is 2. The Morgan fingerprint density at radius 3 is 2.70 bits per heavy atom. The minimum Gasteiger partial charge on any atom is -0.508 e. The number of amides is 1. The number of phenolic OH excluding ortho intramolecular Hbond substituents is 1. The molecule has 0 bridgehead atoms. The zero-order chi connectivity index (χ0) is 14.1. The number of anilines is 1. The number of carbonyl (C=O) groups excluding carboxylic acids is 1. The van der Waals surface area contributed by atoms with Crippen molar-refractivity contribution in [1.82, 2.24) is 9.55 Å². The lowest BCUT2D eigenvalue weighted by atomic mass is 10.2. The fourth-order valence-electron chi connectivity index (χ4n) is 2.03. The molecule has 5 nitrogen and oxygen atoms in total. The number of carbonyl (C=O) groups is 1. The Morgan fingerprint density at radius 1 is 1.20 bits per heavy atom. The SMILES string of the molecule is Cn1cnc2cc(C(=O)Nc3ccc(O)cc3)ccc21. The van der Waals surface area contributed by atoms with E-state index >= 15 is 0 Å². The predicted molar refractivity (Wildman–Crippen MR) is 76.8 cm³/mol. The van der Waals surface area contributed by atoms with Crippen LogP contribution in [0.2, 0.25) is 0 Å². The first kappa shape index (κ1) is 12.2. The van der Waals surface area contributed by atoms with E-state index in [9.17, 15) is 9.90 Å². The van der Waals surface area contributed by atoms with E-state index in [0.29, 0.717) is 11.3 Å². The van der Waals surface area contributed by atoms with Crippen molar-refractivity contribution in [3.05, 3.63) is 54.4 Å². The van der Waals surface area contributed by atoms with E-state index in [-0.39, 0.29) is 11.7 Å². The van der Waals surface area contributed by atoms with Crippen LogP contribution in [0.1, 0.15) is 10.4 Å². The van der Waals surface area contributed by atoms with Crippen molar-refractivity contribution in [1.29, 1.82) is 0 Å². The molecule has 2 aromatic carbocycles. The summed E-state index contributed by atoms with van der Waals surface area (Å²) in [7, 11) is 1.91. The summed E-state index contributed by atoms with van der Waals surface area (Å²) in [5, 5.41) is 12.0. The number of imidazole rings is 1. The van der Waals surface area contributed by atoms with E-state index in [1.54, 1.807) is 30.6 Å². The molecular formula is C15H13N3O2. The zero-order valence-corrected chi connectivity index (χ0v) is 10.9. The summed E-state index contributed by atoms with van der Waals surface area (Å²) in [6, 6.07) is 11.7. The summed E-state index contributed by atoms with van der Waals surface area (Å²) in [5.41, 5.74) is 2.94. The van der Waals surface area contributed by atoms with Crippen LogP contribution < -0.4 is 5.32 Å². The molecule has 3 rings (SSSR count). The van der Waals surface area contributed by atoms with Crippen molar-refractivity contribution >= 4 is 22.6 Å². The number of aryl methyl sites for hydroxylation is 1. The van der Waals surface area contributed by atoms with E-state index in [0.717, 1.165) is 11.0 Å². The lowest BCUT2D eigenvalue weighted by molar-refractivity contribution is 0.102. The molecule has 0 saturated heterocycles. The second-order valence-corrected chi connectivity index (χ2v) is 4.56. The smallest absolute Gasteiger partial charge is 0.255 e. The molecule has 0 atom stereocenters. The highest BCUT2D eigenvalue weighted by Gasteiger charge is 2.08. The van der Waals surface area contributed by atoms with Crippen molar-refractivity contribution in [2.24, 2.45) is 7.05 Å². The van der Waals surface area contributed by atoms with Crippen molar-refractivity contribution in [3.63, 3.8) is 0 Å². The summed E-state index contributed by atoms with van der Waals surface area (Å²) in [4.78, 5) is 16.4. The van der Waals surface area contributed by atoms with E-state index < -0.39 is 0 Å². The minimum atomic E-state index is -0.205. The van der Waals surface area contributed by atoms with Crippen LogP contribution in [-0.2, 0) is 7.05 Å². The van der Waals surface area contributed by atoms with Crippen LogP contribution in [0, 0.1) is 0 Å². The molecule has 20 heavy (non-hydrogen) atoms. The maximum absolute atomic E-state index is 12.1. The molecule has 0 fully saturated rings. The minimum absolute atomic E-state index is 0.165. The predicted octanol–water partition coefficient (Wildman–Crippen LogP) is 2.53. The Morgan fingerprint density at radius 2 is 1.95 bits per heavy atom. The van der Waals surface area contributed by atoms with Gasteiger partial charge in [-0.3, -0.25) is 4.79 Å². The van der Waals surface area contributed by atoms with Gasteiger partial charge in [-0.2, -0.15) is 0 Å². The van der Waals surface area contributed by atoms with Gasteiger partial charge < -0.3 is 15.0 Å². The molecular weight excluding hydrogens is 254 g/mol. The summed E-state index contributed by atoms with van der Waals surface area (Å²) >= 11 is 0. The number of hydrogen-bond acceptors (Lipinski definition) is 3. The summed E-state index contributed by atoms with van der Waals surface area (Å²) < 4.78 is 1.90. The number of aromatic nitrogens is 2. The molecule has 0 saturated carbocycles. The number of hydrogen-bond donors (Lipinski definition) is 2. The van der Waals surface area contributed by atoms with Gasteiger partial charge >= 0.3 is 0 Å². The zero-order valence-electron chi connectivity index (χ0n) is 10.9. The van der Waals surface area contributed by atoms with E-state index in [1.807, 2.05) is 17.7 Å². The number of nitrogens with zero attached hydrogens (tertiary/aromatic N) is 2. The van der Waals surface area contributed by atoms with Gasteiger partial charge in [-0.1, -0.05) is 0 Å². The van der Waals surface area contributed by atoms with E-state index in [1.165, 1.54) is 12.1 Å². The van der Waals surface area contributed by atoms with Crippen molar-refractivity contribution in [3.8, 4) is 5.75 Å². The average molecular weight is 267 g/mol. The maximum atomic E-state index is 12.1. The van der Waals surface area contributed by atoms with Crippen LogP contribution in [0.15, 0.2) is 48.8 Å². The Kier molecular flexibility index (Phi) is 2.87. The number of aromatic hydroxyl groups is 1. The molecule has 3 aromatic rings. The summed E-state index contributed by atoms with van der Waals surface area (Å²) in [6.07, 6.45) is 1.71. The molecule has 1 aromatic heterocycles. The van der Waals surface area contributed by atoms with Gasteiger partial charge in [0.15, 0.2) is 0 Å². The van der Waals surface area contributed by atoms with Gasteiger partial charge in [-0.05, 0) is 42.5 Å². The molecule has 1 amide bonds. The highest BCUT2D eigenvalue weighted by atomic mass is 16.3. The molecule has 0 unspecified atom stereocenters. The largest absolute Gasteiger partial charge is 0.508 e. The topological polar surface area (TPSA) is 67.2 Å². The first-order chi connectivity index (χ1) is 9.63. The van der Waals surface area contributed by atoms with Crippen LogP contribution in [0.25, 0.3) is 11.0 Å². The van der Waals surface area contributed by atoms with E-state index in [2.05, 4.69) is 10.3 Å². The Hall–Kier alpha value is -2.82. The third-order valence-corrected chi connectivity index (χ3v) is 3.11. The van der Waals surface area contributed by atoms with Gasteiger partial charge in [0.05, 0.1) is 17.4 Å². The molecule has 100 valence electrons. The van der Waals surface area contributed by atoms with Crippen molar-refractivity contribution in [2.75, 3.05) is 5.32 Å². The first-order valence-electron chi connectivity index (χ1n) is 6.15. The maximum Gasteiger partial charge on any atom is 0.255 e. The molecule has 0 spiro atoms. The number of fused-ring (bicyclic) bond motifs is 1. The van der Waals surface area contributed by atoms with Crippen LogP contribution >= 0.6 is 0 Å². The third-order valence-electron chi connectivity index (χ3n) is 3.11. The lowest BCUT2D eigenvalue weighted by Crippen LogP contribution is -2.11. The molecule has 0 aliphatic rings. The Bertz CT molecular complexity index is 775. The molecule has 0 aliphatic heterocycles. The van der Waals surface area contributed by atoms with Crippen molar-refractivity contribution < 1.29 is 9.90 Å². The van der Waals surface area contributed by atoms with Crippen LogP contribution in [0.3, 0.4) is 0 Å². The fraction of sp³-hybridized carbons (Fsp3) is 0.0667. The van der Waals surface area contributed by atoms with Gasteiger partial charge in [0, 0.05) is 18.3 Å². The van der Waals surface area contributed by atoms with Gasteiger partial charge in [0.2, 0.25) is 0 Å². The third kappa shape index (κ3) is 2.21. The van der Waals surface area contributed by atoms with Gasteiger partial charge in [0.1, 0.15) is 5.75 Å². The quantitative estimate of drug-likeness (QED) is 0.701. The van der Waals surface area contributed by atoms with Gasteiger partial charge in [0.25, 0.3) is 5.91 Å². The van der Waals surface area contributed by atoms with Crippen molar-refractivity contribution in [2.45, 2.75) is 0 Å². The number of phenols is 1. The summed E-state index contributed by atoms with van der Waals surface area (Å²) in [5.74, 6) is -0.0406. The Labute approximate surface area is 115 Å². The molecule has 2 N–H and O–H groups in total. The lowest BCUT2D eigenvalue weighted by Gasteiger charge is -2.05. The number of benzene rings is 2. The average Bonchev–Trinajstić information content (AvgIpc) is 2.82. The normalized spacial score (nSPS) is 10.7. The molecule has 5 heteroatoms. The highest BCUT2D eigenvalue weighted by Crippen LogP contribution is 2.17. The molecule has 0 aliphatic carbocycles. The van der Waals surface area contributed by atoms with E-state index in [4.69, 9.17) is 0 Å². The number of nitrogens with one attached hydrogen (secondary N) is 1. The van der Waals surface area contributed by atoms with Gasteiger partial charge in [-0.25, -0.2) is 4.98 Å². The second-order valence-electron chi connectivity index (χ2n) is 4.56. The van der Waals surface area contributed by atoms with Crippen LogP contribution in [0.5, 0.6) is 5.75 Å². The van der Waals surface area contributed by atoms with Crippen LogP contribution in [-0.4, -0.2) is 20.6 Å². The summed E-state index contributed by atoms with van der Waals surface area (Å²) in [6.45, 7) is 0. The fourth-order valence-corrected chi connectivity index (χ4v) is 2.03. The first-order valence-corrected chi connectivity index (χ1v) is 6.15. The molecule has 1 heterocycles. The standard InChI is InChI=1S/C15H13N3O2/c1-18-9-16-13-8-10(2-7-14(13)18)15(20)17-11-3-5-12(19)6-4-11/h2-9,19H,1H3,(H,17,20). The second kappa shape index (κ2) is 4.70. The van der Waals surface area contributed by atoms with Crippen LogP contribution in [0.4, 0.5) is 5.69 Å². The molecule has 0 radical (unpaired) electrons.